The maximum absolute atomic E-state index is 12.2. The maximum atomic E-state index is 12.2. The van der Waals surface area contributed by atoms with Crippen LogP contribution in [0.1, 0.15) is 46.3 Å². The minimum atomic E-state index is -0.629. The van der Waals surface area contributed by atoms with Crippen LogP contribution in [0.15, 0.2) is 24.3 Å². The van der Waals surface area contributed by atoms with Crippen molar-refractivity contribution in [2.45, 2.75) is 32.9 Å². The van der Waals surface area contributed by atoms with Crippen molar-refractivity contribution in [3.8, 4) is 0 Å². The number of nitrogens with zero attached hydrogens (tertiary/aromatic N) is 4. The van der Waals surface area contributed by atoms with Gasteiger partial charge in [-0.3, -0.25) is 0 Å². The molecule has 0 spiro atoms. The highest BCUT2D eigenvalue weighted by atomic mass is 16.5. The van der Waals surface area contributed by atoms with Crippen molar-refractivity contribution < 1.29 is 19.1 Å². The van der Waals surface area contributed by atoms with E-state index in [2.05, 4.69) is 27.2 Å². The van der Waals surface area contributed by atoms with E-state index in [0.29, 0.717) is 12.4 Å². The molecule has 1 aromatic carbocycles. The van der Waals surface area contributed by atoms with E-state index in [9.17, 15) is 9.59 Å². The number of hydrogen-bond acceptors (Lipinski definition) is 7. The number of benzene rings is 1. The lowest BCUT2D eigenvalue weighted by Crippen LogP contribution is -2.14. The summed E-state index contributed by atoms with van der Waals surface area (Å²) in [7, 11) is 1.26. The molecular formula is C15H18N4O4. The Balaban J connectivity index is 2.06. The highest BCUT2D eigenvalue weighted by Gasteiger charge is 2.19. The van der Waals surface area contributed by atoms with Gasteiger partial charge in [0.05, 0.1) is 18.2 Å². The van der Waals surface area contributed by atoms with E-state index in [1.54, 1.807) is 16.8 Å². The third-order valence-electron chi connectivity index (χ3n) is 3.21. The molecule has 8 nitrogen and oxygen atoms in total. The van der Waals surface area contributed by atoms with Gasteiger partial charge >= 0.3 is 11.9 Å². The first-order chi connectivity index (χ1) is 11.2. The third kappa shape index (κ3) is 4.12. The molecule has 1 aromatic heterocycles. The van der Waals surface area contributed by atoms with Gasteiger partial charge in [-0.1, -0.05) is 25.5 Å². The Morgan fingerprint density at radius 2 is 1.87 bits per heavy atom. The fourth-order valence-electron chi connectivity index (χ4n) is 1.97. The number of aryl methyl sites for hydroxylation is 1. The van der Waals surface area contributed by atoms with E-state index >= 15 is 0 Å². The van der Waals surface area contributed by atoms with Crippen LogP contribution in [-0.4, -0.2) is 39.3 Å². The number of carbonyl (C=O) groups excluding carboxylic acids is 2. The second kappa shape index (κ2) is 8.02. The molecule has 0 aliphatic carbocycles. The number of aromatic nitrogens is 4. The molecule has 0 N–H and O–H groups in total. The van der Waals surface area contributed by atoms with Gasteiger partial charge in [0.2, 0.25) is 0 Å². The molecule has 0 saturated carbocycles. The van der Waals surface area contributed by atoms with Crippen molar-refractivity contribution in [1.82, 2.24) is 20.2 Å². The molecular weight excluding hydrogens is 300 g/mol. The summed E-state index contributed by atoms with van der Waals surface area (Å²) in [4.78, 5) is 23.9. The average molecular weight is 318 g/mol. The average Bonchev–Trinajstić information content (AvgIpc) is 3.04. The van der Waals surface area contributed by atoms with Gasteiger partial charge in [0.25, 0.3) is 0 Å². The Bertz CT molecular complexity index is 684. The minimum absolute atomic E-state index is 0.0644. The lowest BCUT2D eigenvalue weighted by molar-refractivity contribution is 0.0442. The van der Waals surface area contributed by atoms with E-state index in [-0.39, 0.29) is 17.7 Å². The maximum Gasteiger partial charge on any atom is 0.339 e. The number of tetrazole rings is 1. The molecule has 2 rings (SSSR count). The second-order valence-corrected chi connectivity index (χ2v) is 4.79. The molecule has 0 unspecified atom stereocenters. The SMILES string of the molecule is CCCCn1nnnc1COC(=O)c1ccccc1C(=O)OC. The van der Waals surface area contributed by atoms with Crippen molar-refractivity contribution in [2.24, 2.45) is 0 Å². The molecule has 0 aliphatic rings. The standard InChI is InChI=1S/C15H18N4O4/c1-3-4-9-19-13(16-17-18-19)10-23-15(21)12-8-6-5-7-11(12)14(20)22-2/h5-8H,3-4,9-10H2,1-2H3. The van der Waals surface area contributed by atoms with Gasteiger partial charge in [0.15, 0.2) is 12.4 Å². The lowest BCUT2D eigenvalue weighted by atomic mass is 10.1. The Morgan fingerprint density at radius 3 is 2.52 bits per heavy atom. The van der Waals surface area contributed by atoms with Gasteiger partial charge in [0, 0.05) is 6.54 Å². The second-order valence-electron chi connectivity index (χ2n) is 4.79. The molecule has 0 atom stereocenters. The van der Waals surface area contributed by atoms with E-state index < -0.39 is 11.9 Å². The minimum Gasteiger partial charge on any atom is -0.465 e. The predicted molar refractivity (Wildman–Crippen MR) is 79.6 cm³/mol. The topological polar surface area (TPSA) is 96.2 Å². The molecule has 0 radical (unpaired) electrons. The Hall–Kier alpha value is -2.77. The summed E-state index contributed by atoms with van der Waals surface area (Å²) in [6, 6.07) is 6.31. The number of ether oxygens (including phenoxy) is 2. The lowest BCUT2D eigenvalue weighted by Gasteiger charge is -2.08. The van der Waals surface area contributed by atoms with Gasteiger partial charge < -0.3 is 9.47 Å². The van der Waals surface area contributed by atoms with E-state index in [1.165, 1.54) is 19.2 Å². The normalized spacial score (nSPS) is 10.3. The zero-order chi connectivity index (χ0) is 16.7. The highest BCUT2D eigenvalue weighted by Crippen LogP contribution is 2.12. The predicted octanol–water partition coefficient (Wildman–Crippen LogP) is 1.62. The van der Waals surface area contributed by atoms with Crippen LogP contribution in [-0.2, 0) is 22.6 Å². The van der Waals surface area contributed by atoms with Crippen LogP contribution >= 0.6 is 0 Å². The van der Waals surface area contributed by atoms with Crippen LogP contribution in [0.4, 0.5) is 0 Å². The summed E-state index contributed by atoms with van der Waals surface area (Å²) in [5, 5.41) is 11.3. The van der Waals surface area contributed by atoms with Gasteiger partial charge in [-0.05, 0) is 29.0 Å². The van der Waals surface area contributed by atoms with Gasteiger partial charge in [-0.25, -0.2) is 14.3 Å². The highest BCUT2D eigenvalue weighted by molar-refractivity contribution is 6.03. The quantitative estimate of drug-likeness (QED) is 0.715. The molecule has 0 fully saturated rings. The zero-order valence-electron chi connectivity index (χ0n) is 13.1. The first-order valence-electron chi connectivity index (χ1n) is 7.26. The largest absolute Gasteiger partial charge is 0.465 e. The molecule has 2 aromatic rings. The molecule has 1 heterocycles. The Labute approximate surface area is 133 Å². The summed E-state index contributed by atoms with van der Waals surface area (Å²) >= 11 is 0. The number of hydrogen-bond donors (Lipinski definition) is 0. The molecule has 0 bridgehead atoms. The fraction of sp³-hybridized carbons (Fsp3) is 0.400. The van der Waals surface area contributed by atoms with Gasteiger partial charge in [-0.2, -0.15) is 0 Å². The molecule has 0 aliphatic heterocycles. The Morgan fingerprint density at radius 1 is 1.17 bits per heavy atom. The van der Waals surface area contributed by atoms with Crippen LogP contribution in [0, 0.1) is 0 Å². The number of esters is 2. The summed E-state index contributed by atoms with van der Waals surface area (Å²) in [5.74, 6) is -0.760. The number of unbranched alkanes of at least 4 members (excludes halogenated alkanes) is 1. The molecule has 0 amide bonds. The van der Waals surface area contributed by atoms with Crippen molar-refractivity contribution >= 4 is 11.9 Å². The van der Waals surface area contributed by atoms with Crippen LogP contribution in [0.2, 0.25) is 0 Å². The summed E-state index contributed by atoms with van der Waals surface area (Å²) in [5.41, 5.74) is 0.303. The van der Waals surface area contributed by atoms with E-state index in [4.69, 9.17) is 4.74 Å². The summed E-state index contributed by atoms with van der Waals surface area (Å²) in [6.07, 6.45) is 1.93. The zero-order valence-corrected chi connectivity index (χ0v) is 13.1. The summed E-state index contributed by atoms with van der Waals surface area (Å²) in [6.45, 7) is 2.66. The van der Waals surface area contributed by atoms with Crippen molar-refractivity contribution in [3.05, 3.63) is 41.2 Å². The van der Waals surface area contributed by atoms with Crippen molar-refractivity contribution in [1.29, 1.82) is 0 Å². The summed E-state index contributed by atoms with van der Waals surface area (Å²) < 4.78 is 11.5. The molecule has 23 heavy (non-hydrogen) atoms. The van der Waals surface area contributed by atoms with E-state index in [1.807, 2.05) is 0 Å². The number of methoxy groups -OCH3 is 1. The number of carbonyl (C=O) groups is 2. The molecule has 0 saturated heterocycles. The fourth-order valence-corrected chi connectivity index (χ4v) is 1.97. The van der Waals surface area contributed by atoms with Crippen LogP contribution < -0.4 is 0 Å². The molecule has 122 valence electrons. The van der Waals surface area contributed by atoms with E-state index in [0.717, 1.165) is 12.8 Å². The van der Waals surface area contributed by atoms with Crippen LogP contribution in [0.3, 0.4) is 0 Å². The van der Waals surface area contributed by atoms with Gasteiger partial charge in [0.1, 0.15) is 0 Å². The smallest absolute Gasteiger partial charge is 0.339 e. The number of rotatable bonds is 7. The third-order valence-corrected chi connectivity index (χ3v) is 3.21. The van der Waals surface area contributed by atoms with Crippen LogP contribution in [0.25, 0.3) is 0 Å². The molecule has 8 heteroatoms. The first kappa shape index (κ1) is 16.6. The van der Waals surface area contributed by atoms with Crippen molar-refractivity contribution in [3.63, 3.8) is 0 Å². The first-order valence-corrected chi connectivity index (χ1v) is 7.26. The Kier molecular flexibility index (Phi) is 5.79. The van der Waals surface area contributed by atoms with Gasteiger partial charge in [-0.15, -0.1) is 5.10 Å². The monoisotopic (exact) mass is 318 g/mol. The van der Waals surface area contributed by atoms with Crippen molar-refractivity contribution in [2.75, 3.05) is 7.11 Å². The van der Waals surface area contributed by atoms with Crippen LogP contribution in [0.5, 0.6) is 0 Å².